The molecule has 3 aliphatic carbocycles. The van der Waals surface area contributed by atoms with Crippen LogP contribution in [0.3, 0.4) is 0 Å². The summed E-state index contributed by atoms with van der Waals surface area (Å²) in [6, 6.07) is 6.68. The van der Waals surface area contributed by atoms with E-state index in [1.165, 1.54) is 37.7 Å². The zero-order valence-corrected chi connectivity index (χ0v) is 14.6. The third-order valence-corrected chi connectivity index (χ3v) is 7.42. The van der Waals surface area contributed by atoms with Crippen LogP contribution in [-0.2, 0) is 11.2 Å². The van der Waals surface area contributed by atoms with Crippen molar-refractivity contribution in [1.82, 2.24) is 0 Å². The quantitative estimate of drug-likeness (QED) is 0.787. The summed E-state index contributed by atoms with van der Waals surface area (Å²) in [5, 5.41) is 0. The molecule has 1 aromatic carbocycles. The Bertz CT molecular complexity index is 635. The van der Waals surface area contributed by atoms with Gasteiger partial charge in [0.15, 0.2) is 0 Å². The van der Waals surface area contributed by atoms with Crippen LogP contribution >= 0.6 is 0 Å². The first-order valence-electron chi connectivity index (χ1n) is 9.22. The van der Waals surface area contributed by atoms with E-state index in [9.17, 15) is 4.79 Å². The van der Waals surface area contributed by atoms with Crippen molar-refractivity contribution < 1.29 is 9.53 Å². The minimum atomic E-state index is 0.261. The first-order valence-corrected chi connectivity index (χ1v) is 9.22. The van der Waals surface area contributed by atoms with Crippen LogP contribution in [0.2, 0.25) is 0 Å². The van der Waals surface area contributed by atoms with Gasteiger partial charge in [-0.3, -0.25) is 4.79 Å². The number of fused-ring (bicyclic) bond motifs is 5. The molecule has 4 rings (SSSR count). The zero-order valence-electron chi connectivity index (χ0n) is 14.6. The molecule has 0 amide bonds. The molecule has 23 heavy (non-hydrogen) atoms. The Morgan fingerprint density at radius 3 is 2.78 bits per heavy atom. The molecule has 0 saturated heterocycles. The normalized spacial score (nSPS) is 38.4. The highest BCUT2D eigenvalue weighted by Crippen LogP contribution is 2.63. The number of rotatable bonds is 2. The molecule has 2 nitrogen and oxygen atoms in total. The van der Waals surface area contributed by atoms with Gasteiger partial charge >= 0.3 is 0 Å². The van der Waals surface area contributed by atoms with Crippen molar-refractivity contribution in [2.24, 2.45) is 23.2 Å². The Balaban J connectivity index is 1.66. The van der Waals surface area contributed by atoms with E-state index in [2.05, 4.69) is 25.1 Å². The number of hydrogen-bond donors (Lipinski definition) is 0. The maximum atomic E-state index is 12.1. The Morgan fingerprint density at radius 2 is 2.04 bits per heavy atom. The van der Waals surface area contributed by atoms with Crippen LogP contribution in [0.15, 0.2) is 18.2 Å². The van der Waals surface area contributed by atoms with Crippen molar-refractivity contribution in [1.29, 1.82) is 0 Å². The van der Waals surface area contributed by atoms with Crippen LogP contribution in [-0.4, -0.2) is 12.9 Å². The van der Waals surface area contributed by atoms with Crippen LogP contribution in [0.1, 0.15) is 63.0 Å². The van der Waals surface area contributed by atoms with Crippen LogP contribution in [0, 0.1) is 23.2 Å². The number of benzene rings is 1. The summed E-state index contributed by atoms with van der Waals surface area (Å²) >= 11 is 0. The lowest BCUT2D eigenvalue weighted by Crippen LogP contribution is -2.43. The lowest BCUT2D eigenvalue weighted by Gasteiger charge is -2.50. The fraction of sp³-hybridized carbons (Fsp3) is 0.667. The summed E-state index contributed by atoms with van der Waals surface area (Å²) < 4.78 is 5.40. The van der Waals surface area contributed by atoms with Gasteiger partial charge in [-0.1, -0.05) is 13.0 Å². The maximum Gasteiger partial charge on any atom is 0.133 e. The Labute approximate surface area is 139 Å². The fourth-order valence-corrected chi connectivity index (χ4v) is 6.35. The first-order chi connectivity index (χ1) is 11.0. The number of hydrogen-bond acceptors (Lipinski definition) is 2. The van der Waals surface area contributed by atoms with E-state index in [1.807, 2.05) is 6.92 Å². The van der Waals surface area contributed by atoms with Gasteiger partial charge < -0.3 is 4.74 Å². The Morgan fingerprint density at radius 1 is 1.22 bits per heavy atom. The molecule has 0 aromatic heterocycles. The van der Waals surface area contributed by atoms with Gasteiger partial charge in [-0.15, -0.1) is 0 Å². The number of ether oxygens (including phenoxy) is 1. The Kier molecular flexibility index (Phi) is 3.55. The molecule has 0 unspecified atom stereocenters. The molecule has 0 heterocycles. The number of carbonyl (C=O) groups excluding carboxylic acids is 1. The number of Topliss-reactive ketones (excluding diaryl/α,β-unsaturated/α-hetero) is 1. The van der Waals surface area contributed by atoms with Crippen LogP contribution in [0.25, 0.3) is 0 Å². The lowest BCUT2D eigenvalue weighted by atomic mass is 9.54. The number of methoxy groups -OCH3 is 1. The van der Waals surface area contributed by atoms with Gasteiger partial charge in [-0.25, -0.2) is 0 Å². The van der Waals surface area contributed by atoms with E-state index >= 15 is 0 Å². The average molecular weight is 312 g/mol. The third-order valence-electron chi connectivity index (χ3n) is 7.42. The summed E-state index contributed by atoms with van der Waals surface area (Å²) in [4.78, 5) is 12.1. The summed E-state index contributed by atoms with van der Waals surface area (Å²) in [6.07, 6.45) is 7.30. The molecule has 5 atom stereocenters. The van der Waals surface area contributed by atoms with Crippen LogP contribution in [0.5, 0.6) is 5.75 Å². The summed E-state index contributed by atoms with van der Waals surface area (Å²) in [5.74, 6) is 3.94. The summed E-state index contributed by atoms with van der Waals surface area (Å²) in [6.45, 7) is 4.23. The molecule has 0 N–H and O–H groups in total. The molecule has 2 fully saturated rings. The molecular formula is C21H28O2. The molecule has 3 aliphatic rings. The number of ketones is 1. The van der Waals surface area contributed by atoms with E-state index in [0.717, 1.165) is 24.0 Å². The Hall–Kier alpha value is -1.31. The van der Waals surface area contributed by atoms with E-state index in [0.29, 0.717) is 17.6 Å². The predicted octanol–water partition coefficient (Wildman–Crippen LogP) is 4.76. The van der Waals surface area contributed by atoms with Crippen molar-refractivity contribution in [3.05, 3.63) is 29.3 Å². The second-order valence-electron chi connectivity index (χ2n) is 8.27. The average Bonchev–Trinajstić information content (AvgIpc) is 2.91. The second-order valence-corrected chi connectivity index (χ2v) is 8.27. The highest BCUT2D eigenvalue weighted by atomic mass is 16.5. The zero-order chi connectivity index (χ0) is 16.2. The molecule has 0 bridgehead atoms. The molecule has 0 spiro atoms. The molecule has 124 valence electrons. The summed E-state index contributed by atoms with van der Waals surface area (Å²) in [5.41, 5.74) is 3.32. The lowest BCUT2D eigenvalue weighted by molar-refractivity contribution is -0.125. The number of aryl methyl sites for hydroxylation is 1. The second kappa shape index (κ2) is 5.36. The maximum absolute atomic E-state index is 12.1. The van der Waals surface area contributed by atoms with Gasteiger partial charge in [0.2, 0.25) is 0 Å². The van der Waals surface area contributed by atoms with E-state index in [-0.39, 0.29) is 5.41 Å². The van der Waals surface area contributed by atoms with E-state index in [1.54, 1.807) is 12.7 Å². The van der Waals surface area contributed by atoms with Gasteiger partial charge in [0.1, 0.15) is 11.5 Å². The minimum Gasteiger partial charge on any atom is -0.497 e. The van der Waals surface area contributed by atoms with Crippen molar-refractivity contribution in [2.75, 3.05) is 7.11 Å². The van der Waals surface area contributed by atoms with E-state index < -0.39 is 0 Å². The van der Waals surface area contributed by atoms with Gasteiger partial charge in [-0.05, 0) is 91.9 Å². The predicted molar refractivity (Wildman–Crippen MR) is 91.8 cm³/mol. The molecule has 1 aromatic rings. The van der Waals surface area contributed by atoms with Gasteiger partial charge in [-0.2, -0.15) is 0 Å². The van der Waals surface area contributed by atoms with Gasteiger partial charge in [0.05, 0.1) is 7.11 Å². The highest BCUT2D eigenvalue weighted by molar-refractivity contribution is 5.79. The molecule has 2 saturated carbocycles. The van der Waals surface area contributed by atoms with E-state index in [4.69, 9.17) is 4.74 Å². The molecule has 0 radical (unpaired) electrons. The van der Waals surface area contributed by atoms with Crippen molar-refractivity contribution in [3.63, 3.8) is 0 Å². The van der Waals surface area contributed by atoms with Crippen molar-refractivity contribution >= 4 is 5.78 Å². The van der Waals surface area contributed by atoms with Crippen LogP contribution in [0.4, 0.5) is 0 Å². The standard InChI is InChI=1S/C21H28O2/c1-13(22)19-8-9-20-18-6-4-14-12-15(23-3)5-7-16(14)17(18)10-11-21(19,20)2/h5,7,12,17-20H,4,6,8-11H2,1-3H3/t17-,18-,19-,20-,21+/m0/s1. The molecular weight excluding hydrogens is 284 g/mol. The topological polar surface area (TPSA) is 26.3 Å². The van der Waals surface area contributed by atoms with Crippen molar-refractivity contribution in [2.45, 2.75) is 58.3 Å². The SMILES string of the molecule is COc1ccc2c(c1)CC[C@H]1[C@H]2CC[C@]2(C)[C@H](C(C)=O)CC[C@@H]12. The van der Waals surface area contributed by atoms with Gasteiger partial charge in [0, 0.05) is 5.92 Å². The first kappa shape index (κ1) is 15.2. The number of carbonyl (C=O) groups is 1. The smallest absolute Gasteiger partial charge is 0.133 e. The van der Waals surface area contributed by atoms with Gasteiger partial charge in [0.25, 0.3) is 0 Å². The van der Waals surface area contributed by atoms with Crippen molar-refractivity contribution in [3.8, 4) is 5.75 Å². The molecule has 0 aliphatic heterocycles. The monoisotopic (exact) mass is 312 g/mol. The summed E-state index contributed by atoms with van der Waals surface area (Å²) in [7, 11) is 1.75. The largest absolute Gasteiger partial charge is 0.497 e. The third kappa shape index (κ3) is 2.17. The minimum absolute atomic E-state index is 0.261. The molecule has 2 heteroatoms. The highest BCUT2D eigenvalue weighted by Gasteiger charge is 2.55. The van der Waals surface area contributed by atoms with Crippen LogP contribution < -0.4 is 4.74 Å². The fourth-order valence-electron chi connectivity index (χ4n) is 6.35.